The molecule has 0 bridgehead atoms. The van der Waals surface area contributed by atoms with Gasteiger partial charge in [-0.05, 0) is 31.2 Å². The number of hydrogen-bond donors (Lipinski definition) is 2. The van der Waals surface area contributed by atoms with Gasteiger partial charge in [0.05, 0.1) is 13.2 Å². The van der Waals surface area contributed by atoms with Gasteiger partial charge in [0.2, 0.25) is 0 Å². The molecular weight excluding hydrogens is 294 g/mol. The highest BCUT2D eigenvalue weighted by atomic mass is 16.5. The number of ether oxygens (including phenoxy) is 1. The van der Waals surface area contributed by atoms with E-state index in [1.54, 1.807) is 0 Å². The van der Waals surface area contributed by atoms with Gasteiger partial charge in [0.15, 0.2) is 0 Å². The van der Waals surface area contributed by atoms with Crippen molar-refractivity contribution in [1.29, 1.82) is 0 Å². The van der Waals surface area contributed by atoms with Crippen molar-refractivity contribution in [3.63, 3.8) is 0 Å². The molecule has 0 saturated carbocycles. The maximum atomic E-state index is 12.0. The van der Waals surface area contributed by atoms with Gasteiger partial charge >= 0.3 is 6.03 Å². The van der Waals surface area contributed by atoms with Crippen LogP contribution < -0.4 is 15.0 Å². The predicted octanol–water partition coefficient (Wildman–Crippen LogP) is 1.16. The second-order valence-electron chi connectivity index (χ2n) is 6.21. The van der Waals surface area contributed by atoms with Crippen molar-refractivity contribution in [2.24, 2.45) is 11.8 Å². The molecule has 2 aliphatic rings. The number of rotatable bonds is 5. The number of urea groups is 1. The lowest BCUT2D eigenvalue weighted by Crippen LogP contribution is -2.41. The highest BCUT2D eigenvalue weighted by Gasteiger charge is 2.41. The van der Waals surface area contributed by atoms with Crippen molar-refractivity contribution < 1.29 is 14.6 Å². The van der Waals surface area contributed by atoms with E-state index in [0.29, 0.717) is 25.0 Å². The number of aliphatic hydroxyl groups is 1. The molecule has 1 aromatic carbocycles. The van der Waals surface area contributed by atoms with Crippen LogP contribution in [0.1, 0.15) is 6.92 Å². The van der Waals surface area contributed by atoms with Gasteiger partial charge in [-0.15, -0.1) is 0 Å². The number of carbonyl (C=O) groups is 1. The lowest BCUT2D eigenvalue weighted by molar-refractivity contribution is 0.201. The third kappa shape index (κ3) is 3.52. The van der Waals surface area contributed by atoms with Crippen LogP contribution in [-0.2, 0) is 0 Å². The fraction of sp³-hybridized carbons (Fsp3) is 0.588. The normalized spacial score (nSPS) is 23.0. The number of aliphatic hydroxyl groups excluding tert-OH is 1. The Kier molecular flexibility index (Phi) is 4.91. The van der Waals surface area contributed by atoms with Gasteiger partial charge in [-0.3, -0.25) is 0 Å². The number of amides is 2. The standard InChI is InChI=1S/C17H25N3O3/c1-2-23-16-5-3-15(4-6-16)19-9-13-11-20(12-14(13)10-19)17(22)18-7-8-21/h3-6,13-14,21H,2,7-12H2,1H3,(H,18,22). The SMILES string of the molecule is CCOc1ccc(N2CC3CN(C(=O)NCCO)CC3C2)cc1. The number of hydrogen-bond acceptors (Lipinski definition) is 4. The van der Waals surface area contributed by atoms with Crippen molar-refractivity contribution in [3.05, 3.63) is 24.3 Å². The van der Waals surface area contributed by atoms with Crippen LogP contribution in [0.4, 0.5) is 10.5 Å². The van der Waals surface area contributed by atoms with E-state index >= 15 is 0 Å². The summed E-state index contributed by atoms with van der Waals surface area (Å²) in [6.45, 7) is 6.55. The molecule has 1 aromatic rings. The Morgan fingerprint density at radius 3 is 2.43 bits per heavy atom. The van der Waals surface area contributed by atoms with Crippen LogP contribution in [0.5, 0.6) is 5.75 Å². The van der Waals surface area contributed by atoms with E-state index in [4.69, 9.17) is 9.84 Å². The first-order chi connectivity index (χ1) is 11.2. The molecule has 126 valence electrons. The first-order valence-electron chi connectivity index (χ1n) is 8.32. The van der Waals surface area contributed by atoms with E-state index in [1.165, 1.54) is 5.69 Å². The first kappa shape index (κ1) is 15.9. The molecule has 2 unspecified atom stereocenters. The first-order valence-corrected chi connectivity index (χ1v) is 8.32. The van der Waals surface area contributed by atoms with E-state index in [-0.39, 0.29) is 12.6 Å². The van der Waals surface area contributed by atoms with Crippen LogP contribution in [0.3, 0.4) is 0 Å². The number of likely N-dealkylation sites (tertiary alicyclic amines) is 1. The number of carbonyl (C=O) groups excluding carboxylic acids is 1. The molecule has 23 heavy (non-hydrogen) atoms. The summed E-state index contributed by atoms with van der Waals surface area (Å²) >= 11 is 0. The molecule has 2 aliphatic heterocycles. The minimum absolute atomic E-state index is 0.0159. The van der Waals surface area contributed by atoms with E-state index in [2.05, 4.69) is 22.3 Å². The molecule has 0 spiro atoms. The zero-order chi connectivity index (χ0) is 16.2. The second-order valence-corrected chi connectivity index (χ2v) is 6.21. The van der Waals surface area contributed by atoms with Crippen molar-refractivity contribution in [2.45, 2.75) is 6.92 Å². The Hall–Kier alpha value is -1.95. The molecule has 2 saturated heterocycles. The molecule has 2 heterocycles. The molecule has 0 aliphatic carbocycles. The number of benzene rings is 1. The third-order valence-electron chi connectivity index (χ3n) is 4.67. The Labute approximate surface area is 137 Å². The molecule has 2 amide bonds. The fourth-order valence-electron chi connectivity index (χ4n) is 3.56. The molecule has 6 nitrogen and oxygen atoms in total. The van der Waals surface area contributed by atoms with Crippen LogP contribution in [0.25, 0.3) is 0 Å². The Bertz CT molecular complexity index is 520. The van der Waals surface area contributed by atoms with Crippen LogP contribution in [0.2, 0.25) is 0 Å². The highest BCUT2D eigenvalue weighted by molar-refractivity contribution is 5.74. The molecule has 6 heteroatoms. The lowest BCUT2D eigenvalue weighted by atomic mass is 10.0. The van der Waals surface area contributed by atoms with E-state index in [0.717, 1.165) is 31.9 Å². The minimum Gasteiger partial charge on any atom is -0.494 e. The third-order valence-corrected chi connectivity index (χ3v) is 4.67. The van der Waals surface area contributed by atoms with Gasteiger partial charge in [-0.2, -0.15) is 0 Å². The zero-order valence-electron chi connectivity index (χ0n) is 13.6. The monoisotopic (exact) mass is 319 g/mol. The average Bonchev–Trinajstić information content (AvgIpc) is 3.12. The molecule has 0 aromatic heterocycles. The summed E-state index contributed by atoms with van der Waals surface area (Å²) in [6, 6.07) is 8.19. The number of nitrogens with one attached hydrogen (secondary N) is 1. The van der Waals surface area contributed by atoms with Gasteiger partial charge in [0, 0.05) is 50.2 Å². The summed E-state index contributed by atoms with van der Waals surface area (Å²) in [5.41, 5.74) is 1.22. The lowest BCUT2D eigenvalue weighted by Gasteiger charge is -2.23. The van der Waals surface area contributed by atoms with Gasteiger partial charge < -0.3 is 25.0 Å². The maximum absolute atomic E-state index is 12.0. The maximum Gasteiger partial charge on any atom is 0.317 e. The van der Waals surface area contributed by atoms with Crippen LogP contribution in [0, 0.1) is 11.8 Å². The second kappa shape index (κ2) is 7.08. The van der Waals surface area contributed by atoms with Crippen LogP contribution in [0.15, 0.2) is 24.3 Å². The van der Waals surface area contributed by atoms with E-state index < -0.39 is 0 Å². The van der Waals surface area contributed by atoms with Crippen molar-refractivity contribution in [2.75, 3.05) is 50.8 Å². The van der Waals surface area contributed by atoms with Gasteiger partial charge in [0.1, 0.15) is 5.75 Å². The van der Waals surface area contributed by atoms with Crippen LogP contribution in [-0.4, -0.2) is 62.0 Å². The van der Waals surface area contributed by atoms with Gasteiger partial charge in [0.25, 0.3) is 0 Å². The molecule has 2 atom stereocenters. The van der Waals surface area contributed by atoms with Gasteiger partial charge in [-0.1, -0.05) is 0 Å². The molecule has 2 fully saturated rings. The summed E-state index contributed by atoms with van der Waals surface area (Å²) < 4.78 is 5.48. The number of anilines is 1. The topological polar surface area (TPSA) is 65.0 Å². The number of fused-ring (bicyclic) bond motifs is 1. The largest absolute Gasteiger partial charge is 0.494 e. The molecule has 3 rings (SSSR count). The fourth-order valence-corrected chi connectivity index (χ4v) is 3.56. The summed E-state index contributed by atoms with van der Waals surface area (Å²) in [4.78, 5) is 16.2. The summed E-state index contributed by atoms with van der Waals surface area (Å²) in [6.07, 6.45) is 0. The Morgan fingerprint density at radius 2 is 1.87 bits per heavy atom. The van der Waals surface area contributed by atoms with E-state index in [1.807, 2.05) is 24.0 Å². The van der Waals surface area contributed by atoms with Crippen molar-refractivity contribution in [3.8, 4) is 5.75 Å². The summed E-state index contributed by atoms with van der Waals surface area (Å²) in [5.74, 6) is 1.96. The molecular formula is C17H25N3O3. The molecule has 0 radical (unpaired) electrons. The highest BCUT2D eigenvalue weighted by Crippen LogP contribution is 2.34. The van der Waals surface area contributed by atoms with Gasteiger partial charge in [-0.25, -0.2) is 4.79 Å². The van der Waals surface area contributed by atoms with Crippen molar-refractivity contribution in [1.82, 2.24) is 10.2 Å². The quantitative estimate of drug-likeness (QED) is 0.855. The predicted molar refractivity (Wildman–Crippen MR) is 88.9 cm³/mol. The molecule has 2 N–H and O–H groups in total. The zero-order valence-corrected chi connectivity index (χ0v) is 13.6. The smallest absolute Gasteiger partial charge is 0.317 e. The Balaban J connectivity index is 1.54. The van der Waals surface area contributed by atoms with Crippen molar-refractivity contribution >= 4 is 11.7 Å². The number of nitrogens with zero attached hydrogens (tertiary/aromatic N) is 2. The van der Waals surface area contributed by atoms with Crippen LogP contribution >= 0.6 is 0 Å². The van der Waals surface area contributed by atoms with E-state index in [9.17, 15) is 4.79 Å². The average molecular weight is 319 g/mol. The summed E-state index contributed by atoms with van der Waals surface area (Å²) in [5, 5.41) is 11.5. The summed E-state index contributed by atoms with van der Waals surface area (Å²) in [7, 11) is 0. The Morgan fingerprint density at radius 1 is 1.22 bits per heavy atom. The minimum atomic E-state index is -0.0546.